The molecule has 0 spiro atoms. The smallest absolute Gasteiger partial charge is 0.293 e. The van der Waals surface area contributed by atoms with Crippen molar-refractivity contribution in [1.82, 2.24) is 4.90 Å². The van der Waals surface area contributed by atoms with Crippen LogP contribution in [0.25, 0.3) is 0 Å². The van der Waals surface area contributed by atoms with E-state index in [1.165, 1.54) is 5.56 Å². The van der Waals surface area contributed by atoms with Gasteiger partial charge in [0, 0.05) is 6.54 Å². The molecular formula is C13H21NO2. The number of hydrogen-bond acceptors (Lipinski definition) is 3. The van der Waals surface area contributed by atoms with Crippen molar-refractivity contribution >= 4 is 6.47 Å². The number of rotatable bonds is 5. The maximum atomic E-state index is 9.18. The topological polar surface area (TPSA) is 29.5 Å². The SMILES string of the molecule is CCOC=O.CN(C)CCc1ccccc1. The van der Waals surface area contributed by atoms with E-state index >= 15 is 0 Å². The molecule has 0 fully saturated rings. The minimum Gasteiger partial charge on any atom is -0.468 e. The van der Waals surface area contributed by atoms with Crippen LogP contribution in [0.1, 0.15) is 12.5 Å². The first-order valence-electron chi connectivity index (χ1n) is 5.44. The van der Waals surface area contributed by atoms with Crippen LogP contribution in [0.3, 0.4) is 0 Å². The molecule has 0 aliphatic carbocycles. The molecule has 3 heteroatoms. The molecule has 0 saturated carbocycles. The lowest BCUT2D eigenvalue weighted by molar-refractivity contribution is -0.128. The molecule has 0 amide bonds. The van der Waals surface area contributed by atoms with Gasteiger partial charge in [-0.2, -0.15) is 0 Å². The van der Waals surface area contributed by atoms with Crippen LogP contribution in [0.5, 0.6) is 0 Å². The molecule has 1 rings (SSSR count). The van der Waals surface area contributed by atoms with Gasteiger partial charge in [0.2, 0.25) is 0 Å². The average molecular weight is 223 g/mol. The fraction of sp³-hybridized carbons (Fsp3) is 0.462. The monoisotopic (exact) mass is 223 g/mol. The van der Waals surface area contributed by atoms with E-state index in [1.54, 1.807) is 6.92 Å². The summed E-state index contributed by atoms with van der Waals surface area (Å²) in [6.07, 6.45) is 1.15. The molecule has 3 nitrogen and oxygen atoms in total. The first kappa shape index (κ1) is 14.6. The molecule has 0 radical (unpaired) electrons. The van der Waals surface area contributed by atoms with Crippen LogP contribution in [-0.2, 0) is 16.0 Å². The van der Waals surface area contributed by atoms with Crippen LogP contribution < -0.4 is 0 Å². The standard InChI is InChI=1S/C10H15N.C3H6O2/c1-11(2)9-8-10-6-4-3-5-7-10;1-2-5-3-4/h3-7H,8-9H2,1-2H3;3H,2H2,1H3. The first-order chi connectivity index (χ1) is 7.70. The van der Waals surface area contributed by atoms with Crippen molar-refractivity contribution in [1.29, 1.82) is 0 Å². The molecule has 0 unspecified atom stereocenters. The van der Waals surface area contributed by atoms with Gasteiger partial charge in [-0.05, 0) is 33.0 Å². The van der Waals surface area contributed by atoms with Gasteiger partial charge in [-0.25, -0.2) is 0 Å². The molecule has 1 aromatic rings. The van der Waals surface area contributed by atoms with E-state index in [0.717, 1.165) is 13.0 Å². The Morgan fingerprint density at radius 1 is 1.25 bits per heavy atom. The van der Waals surface area contributed by atoms with E-state index in [-0.39, 0.29) is 0 Å². The second-order valence-corrected chi connectivity index (χ2v) is 3.59. The number of carbonyl (C=O) groups is 1. The van der Waals surface area contributed by atoms with Crippen molar-refractivity contribution in [3.8, 4) is 0 Å². The number of nitrogens with zero attached hydrogens (tertiary/aromatic N) is 1. The van der Waals surface area contributed by atoms with E-state index in [9.17, 15) is 4.79 Å². The highest BCUT2D eigenvalue weighted by Gasteiger charge is 1.91. The summed E-state index contributed by atoms with van der Waals surface area (Å²) < 4.78 is 4.15. The summed E-state index contributed by atoms with van der Waals surface area (Å²) >= 11 is 0. The van der Waals surface area contributed by atoms with Crippen LogP contribution in [0.4, 0.5) is 0 Å². The van der Waals surface area contributed by atoms with Gasteiger partial charge in [-0.15, -0.1) is 0 Å². The first-order valence-corrected chi connectivity index (χ1v) is 5.44. The number of benzene rings is 1. The van der Waals surface area contributed by atoms with Gasteiger partial charge < -0.3 is 9.64 Å². The lowest BCUT2D eigenvalue weighted by Crippen LogP contribution is -2.14. The largest absolute Gasteiger partial charge is 0.468 e. The van der Waals surface area contributed by atoms with Crippen LogP contribution in [-0.4, -0.2) is 38.6 Å². The number of hydrogen-bond donors (Lipinski definition) is 0. The van der Waals surface area contributed by atoms with Crippen LogP contribution in [0, 0.1) is 0 Å². The molecule has 90 valence electrons. The van der Waals surface area contributed by atoms with Gasteiger partial charge in [0.15, 0.2) is 0 Å². The lowest BCUT2D eigenvalue weighted by Gasteiger charge is -2.08. The summed E-state index contributed by atoms with van der Waals surface area (Å²) in [6.45, 7) is 3.79. The van der Waals surface area contributed by atoms with Crippen LogP contribution >= 0.6 is 0 Å². The summed E-state index contributed by atoms with van der Waals surface area (Å²) in [5.74, 6) is 0. The minimum atomic E-state index is 0.431. The van der Waals surface area contributed by atoms with E-state index in [1.807, 2.05) is 0 Å². The van der Waals surface area contributed by atoms with Crippen LogP contribution in [0.2, 0.25) is 0 Å². The van der Waals surface area contributed by atoms with Gasteiger partial charge in [-0.3, -0.25) is 4.79 Å². The van der Waals surface area contributed by atoms with Crippen molar-refractivity contribution < 1.29 is 9.53 Å². The number of carbonyl (C=O) groups excluding carboxylic acids is 1. The molecule has 0 bridgehead atoms. The molecule has 0 aliphatic rings. The summed E-state index contributed by atoms with van der Waals surface area (Å²) in [7, 11) is 4.20. The Balaban J connectivity index is 0.000000385. The zero-order valence-corrected chi connectivity index (χ0v) is 10.3. The summed E-state index contributed by atoms with van der Waals surface area (Å²) in [5, 5.41) is 0. The highest BCUT2D eigenvalue weighted by molar-refractivity contribution is 5.36. The zero-order valence-electron chi connectivity index (χ0n) is 10.3. The Kier molecular flexibility index (Phi) is 9.32. The predicted molar refractivity (Wildman–Crippen MR) is 66.4 cm³/mol. The number of likely N-dealkylation sites (N-methyl/N-ethyl adjacent to an activating group) is 1. The molecule has 1 aromatic carbocycles. The zero-order chi connectivity index (χ0) is 12.2. The molecule has 0 aliphatic heterocycles. The third-order valence-electron chi connectivity index (χ3n) is 1.93. The third-order valence-corrected chi connectivity index (χ3v) is 1.93. The normalized spacial score (nSPS) is 9.25. The van der Waals surface area contributed by atoms with Gasteiger partial charge in [0.05, 0.1) is 6.61 Å². The molecule has 0 aromatic heterocycles. The Hall–Kier alpha value is -1.35. The Morgan fingerprint density at radius 3 is 2.25 bits per heavy atom. The Morgan fingerprint density at radius 2 is 1.88 bits per heavy atom. The molecule has 0 N–H and O–H groups in total. The van der Waals surface area contributed by atoms with E-state index in [0.29, 0.717) is 13.1 Å². The Bertz CT molecular complexity index is 260. The van der Waals surface area contributed by atoms with Crippen molar-refractivity contribution in [3.05, 3.63) is 35.9 Å². The predicted octanol–water partition coefficient (Wildman–Crippen LogP) is 1.97. The van der Waals surface area contributed by atoms with Crippen molar-refractivity contribution in [3.63, 3.8) is 0 Å². The molecule has 16 heavy (non-hydrogen) atoms. The molecule has 0 atom stereocenters. The second-order valence-electron chi connectivity index (χ2n) is 3.59. The molecular weight excluding hydrogens is 202 g/mol. The van der Waals surface area contributed by atoms with Crippen molar-refractivity contribution in [2.45, 2.75) is 13.3 Å². The van der Waals surface area contributed by atoms with Crippen LogP contribution in [0.15, 0.2) is 30.3 Å². The lowest BCUT2D eigenvalue weighted by atomic mass is 10.1. The van der Waals surface area contributed by atoms with E-state index in [2.05, 4.69) is 54.1 Å². The van der Waals surface area contributed by atoms with Crippen molar-refractivity contribution in [2.75, 3.05) is 27.2 Å². The number of ether oxygens (including phenoxy) is 1. The quantitative estimate of drug-likeness (QED) is 0.715. The third kappa shape index (κ3) is 9.21. The highest BCUT2D eigenvalue weighted by Crippen LogP contribution is 1.99. The maximum absolute atomic E-state index is 9.18. The summed E-state index contributed by atoms with van der Waals surface area (Å²) in [4.78, 5) is 11.4. The minimum absolute atomic E-state index is 0.431. The summed E-state index contributed by atoms with van der Waals surface area (Å²) in [5.41, 5.74) is 1.42. The maximum Gasteiger partial charge on any atom is 0.293 e. The fourth-order valence-corrected chi connectivity index (χ4v) is 1.07. The Labute approximate surface area is 98.0 Å². The van der Waals surface area contributed by atoms with Gasteiger partial charge in [-0.1, -0.05) is 30.3 Å². The van der Waals surface area contributed by atoms with Gasteiger partial charge >= 0.3 is 0 Å². The molecule has 0 saturated heterocycles. The van der Waals surface area contributed by atoms with E-state index in [4.69, 9.17) is 0 Å². The molecule has 0 heterocycles. The van der Waals surface area contributed by atoms with E-state index < -0.39 is 0 Å². The van der Waals surface area contributed by atoms with Gasteiger partial charge in [0.1, 0.15) is 0 Å². The summed E-state index contributed by atoms with van der Waals surface area (Å²) in [6, 6.07) is 10.6. The second kappa shape index (κ2) is 10.2. The van der Waals surface area contributed by atoms with Gasteiger partial charge in [0.25, 0.3) is 6.47 Å². The highest BCUT2D eigenvalue weighted by atomic mass is 16.5. The fourth-order valence-electron chi connectivity index (χ4n) is 1.07. The van der Waals surface area contributed by atoms with Crippen molar-refractivity contribution in [2.24, 2.45) is 0 Å². The average Bonchev–Trinajstić information content (AvgIpc) is 2.30.